The van der Waals surface area contributed by atoms with Crippen LogP contribution in [0.5, 0.6) is 0 Å². The topological polar surface area (TPSA) is 37.3 Å². The first-order valence-electron chi connectivity index (χ1n) is 4.07. The Balaban J connectivity index is 4.46. The molecule has 0 fully saturated rings. The van der Waals surface area contributed by atoms with Gasteiger partial charge in [0.05, 0.1) is 12.3 Å². The molecular formula is C8H13F3O2. The van der Waals surface area contributed by atoms with Gasteiger partial charge in [0.1, 0.15) is 0 Å². The number of halogens is 3. The maximum Gasteiger partial charge on any atom is 0.392 e. The smallest absolute Gasteiger partial charge is 0.392 e. The molecule has 5 heteroatoms. The number of hydrogen-bond donors (Lipinski definition) is 1. The van der Waals surface area contributed by atoms with Crippen LogP contribution < -0.4 is 0 Å². The molecule has 0 saturated carbocycles. The van der Waals surface area contributed by atoms with Crippen molar-refractivity contribution in [3.63, 3.8) is 0 Å². The molecule has 0 rings (SSSR count). The highest BCUT2D eigenvalue weighted by Gasteiger charge is 2.43. The first-order chi connectivity index (χ1) is 5.79. The van der Waals surface area contributed by atoms with Crippen LogP contribution in [0.2, 0.25) is 0 Å². The Morgan fingerprint density at radius 1 is 1.46 bits per heavy atom. The van der Waals surface area contributed by atoms with E-state index in [0.29, 0.717) is 6.42 Å². The molecule has 0 aromatic heterocycles. The zero-order chi connectivity index (χ0) is 10.6. The maximum atomic E-state index is 12.3. The van der Waals surface area contributed by atoms with E-state index in [4.69, 9.17) is 5.11 Å². The second-order valence-corrected chi connectivity index (χ2v) is 3.13. The van der Waals surface area contributed by atoms with Gasteiger partial charge < -0.3 is 5.11 Å². The van der Waals surface area contributed by atoms with Gasteiger partial charge in [-0.25, -0.2) is 0 Å². The van der Waals surface area contributed by atoms with E-state index in [9.17, 15) is 18.0 Å². The van der Waals surface area contributed by atoms with Crippen LogP contribution in [0, 0.1) is 11.8 Å². The molecule has 0 bridgehead atoms. The Kier molecular flexibility index (Phi) is 4.23. The summed E-state index contributed by atoms with van der Waals surface area (Å²) in [6.45, 7) is 3.03. The summed E-state index contributed by atoms with van der Waals surface area (Å²) in [5, 5.41) is 8.29. The molecular weight excluding hydrogens is 185 g/mol. The van der Waals surface area contributed by atoms with Crippen molar-refractivity contribution in [1.82, 2.24) is 0 Å². The third-order valence-corrected chi connectivity index (χ3v) is 2.15. The normalized spacial score (nSPS) is 16.7. The lowest BCUT2D eigenvalue weighted by Gasteiger charge is -2.23. The van der Waals surface area contributed by atoms with Crippen LogP contribution >= 0.6 is 0 Å². The number of rotatable bonds is 4. The van der Waals surface area contributed by atoms with Gasteiger partial charge in [0.25, 0.3) is 0 Å². The van der Waals surface area contributed by atoms with Crippen LogP contribution in [0.25, 0.3) is 0 Å². The van der Waals surface area contributed by atoms with Crippen molar-refractivity contribution in [3.8, 4) is 0 Å². The summed E-state index contributed by atoms with van der Waals surface area (Å²) >= 11 is 0. The quantitative estimate of drug-likeness (QED) is 0.754. The van der Waals surface area contributed by atoms with E-state index in [1.54, 1.807) is 6.92 Å². The van der Waals surface area contributed by atoms with Crippen LogP contribution in [0.3, 0.4) is 0 Å². The minimum absolute atomic E-state index is 0.331. The fourth-order valence-electron chi connectivity index (χ4n) is 1.11. The predicted molar refractivity (Wildman–Crippen MR) is 41.3 cm³/mol. The van der Waals surface area contributed by atoms with E-state index in [1.807, 2.05) is 0 Å². The SMILES string of the molecule is CC[C@@H](C)C(CC(=O)O)C(F)(F)F. The third-order valence-electron chi connectivity index (χ3n) is 2.15. The Bertz CT molecular complexity index is 177. The van der Waals surface area contributed by atoms with Gasteiger partial charge in [-0.15, -0.1) is 0 Å². The molecule has 2 atom stereocenters. The Hall–Kier alpha value is -0.740. The number of hydrogen-bond acceptors (Lipinski definition) is 1. The van der Waals surface area contributed by atoms with E-state index >= 15 is 0 Å². The van der Waals surface area contributed by atoms with Gasteiger partial charge in [0.15, 0.2) is 0 Å². The van der Waals surface area contributed by atoms with Crippen molar-refractivity contribution in [3.05, 3.63) is 0 Å². The summed E-state index contributed by atoms with van der Waals surface area (Å²) in [6, 6.07) is 0. The molecule has 0 heterocycles. The van der Waals surface area contributed by atoms with Gasteiger partial charge in [0, 0.05) is 0 Å². The summed E-state index contributed by atoms with van der Waals surface area (Å²) in [6.07, 6.45) is -4.91. The van der Waals surface area contributed by atoms with E-state index in [0.717, 1.165) is 0 Å². The molecule has 2 nitrogen and oxygen atoms in total. The Morgan fingerprint density at radius 2 is 1.92 bits per heavy atom. The van der Waals surface area contributed by atoms with Crippen molar-refractivity contribution >= 4 is 5.97 Å². The molecule has 78 valence electrons. The fraction of sp³-hybridized carbons (Fsp3) is 0.875. The summed E-state index contributed by atoms with van der Waals surface area (Å²) in [7, 11) is 0. The molecule has 0 radical (unpaired) electrons. The third kappa shape index (κ3) is 4.15. The average molecular weight is 198 g/mol. The van der Waals surface area contributed by atoms with Crippen LogP contribution in [-0.4, -0.2) is 17.3 Å². The minimum Gasteiger partial charge on any atom is -0.481 e. The van der Waals surface area contributed by atoms with Gasteiger partial charge in [0.2, 0.25) is 0 Å². The van der Waals surface area contributed by atoms with Crippen molar-refractivity contribution in [1.29, 1.82) is 0 Å². The van der Waals surface area contributed by atoms with Gasteiger partial charge in [-0.1, -0.05) is 20.3 Å². The lowest BCUT2D eigenvalue weighted by molar-refractivity contribution is -0.194. The van der Waals surface area contributed by atoms with E-state index in [-0.39, 0.29) is 0 Å². The molecule has 13 heavy (non-hydrogen) atoms. The maximum absolute atomic E-state index is 12.3. The van der Waals surface area contributed by atoms with Crippen LogP contribution in [-0.2, 0) is 4.79 Å². The van der Waals surface area contributed by atoms with Crippen molar-refractivity contribution in [2.24, 2.45) is 11.8 Å². The molecule has 1 unspecified atom stereocenters. The first kappa shape index (κ1) is 12.3. The highest BCUT2D eigenvalue weighted by molar-refractivity contribution is 5.67. The molecule has 1 N–H and O–H groups in total. The molecule has 0 spiro atoms. The van der Waals surface area contributed by atoms with Gasteiger partial charge in [-0.3, -0.25) is 4.79 Å². The number of aliphatic carboxylic acids is 1. The van der Waals surface area contributed by atoms with Gasteiger partial charge >= 0.3 is 12.1 Å². The molecule has 0 aliphatic rings. The van der Waals surface area contributed by atoms with E-state index in [1.165, 1.54) is 6.92 Å². The zero-order valence-corrected chi connectivity index (χ0v) is 7.56. The van der Waals surface area contributed by atoms with Crippen molar-refractivity contribution < 1.29 is 23.1 Å². The first-order valence-corrected chi connectivity index (χ1v) is 4.07. The Labute approximate surface area is 74.7 Å². The molecule has 0 saturated heterocycles. The zero-order valence-electron chi connectivity index (χ0n) is 7.56. The lowest BCUT2D eigenvalue weighted by atomic mass is 9.88. The highest BCUT2D eigenvalue weighted by Crippen LogP contribution is 2.35. The number of carbonyl (C=O) groups is 1. The number of carboxylic acid groups (broad SMARTS) is 1. The predicted octanol–water partition coefficient (Wildman–Crippen LogP) is 2.69. The van der Waals surface area contributed by atoms with E-state index in [2.05, 4.69) is 0 Å². The van der Waals surface area contributed by atoms with Crippen LogP contribution in [0.4, 0.5) is 13.2 Å². The molecule has 0 aliphatic heterocycles. The monoisotopic (exact) mass is 198 g/mol. The summed E-state index contributed by atoms with van der Waals surface area (Å²) in [5.74, 6) is -3.77. The molecule has 0 aromatic rings. The largest absolute Gasteiger partial charge is 0.481 e. The minimum atomic E-state index is -4.41. The summed E-state index contributed by atoms with van der Waals surface area (Å²) < 4.78 is 36.8. The number of carboxylic acids is 1. The van der Waals surface area contributed by atoms with E-state index < -0.39 is 30.4 Å². The lowest BCUT2D eigenvalue weighted by Crippen LogP contribution is -2.30. The van der Waals surface area contributed by atoms with Crippen LogP contribution in [0.1, 0.15) is 26.7 Å². The Morgan fingerprint density at radius 3 is 2.15 bits per heavy atom. The average Bonchev–Trinajstić information content (AvgIpc) is 1.96. The number of alkyl halides is 3. The van der Waals surface area contributed by atoms with Gasteiger partial charge in [-0.05, 0) is 5.92 Å². The second kappa shape index (κ2) is 4.48. The molecule has 0 amide bonds. The fourth-order valence-corrected chi connectivity index (χ4v) is 1.11. The molecule has 0 aromatic carbocycles. The van der Waals surface area contributed by atoms with Gasteiger partial charge in [-0.2, -0.15) is 13.2 Å². The summed E-state index contributed by atoms with van der Waals surface area (Å²) in [5.41, 5.74) is 0. The summed E-state index contributed by atoms with van der Waals surface area (Å²) in [4.78, 5) is 10.2. The standard InChI is InChI=1S/C8H13F3O2/c1-3-5(2)6(4-7(12)13)8(9,10)11/h5-6H,3-4H2,1-2H3,(H,12,13)/t5-,6?/m1/s1. The highest BCUT2D eigenvalue weighted by atomic mass is 19.4. The molecule has 0 aliphatic carbocycles. The second-order valence-electron chi connectivity index (χ2n) is 3.13. The van der Waals surface area contributed by atoms with Crippen LogP contribution in [0.15, 0.2) is 0 Å². The van der Waals surface area contributed by atoms with Crippen molar-refractivity contribution in [2.45, 2.75) is 32.9 Å². The van der Waals surface area contributed by atoms with Crippen molar-refractivity contribution in [2.75, 3.05) is 0 Å².